The summed E-state index contributed by atoms with van der Waals surface area (Å²) in [5, 5.41) is 13.7. The van der Waals surface area contributed by atoms with Crippen molar-refractivity contribution in [2.45, 2.75) is 6.42 Å². The molecule has 7 heteroatoms. The van der Waals surface area contributed by atoms with E-state index in [1.807, 2.05) is 5.38 Å². The Morgan fingerprint density at radius 1 is 1.47 bits per heavy atom. The number of hydrogen-bond donors (Lipinski definition) is 2. The molecule has 2 rings (SSSR count). The van der Waals surface area contributed by atoms with Crippen LogP contribution in [0.25, 0.3) is 0 Å². The van der Waals surface area contributed by atoms with Crippen LogP contribution in [0.5, 0.6) is 0 Å². The Morgan fingerprint density at radius 3 is 3.06 bits per heavy atom. The number of anilines is 1. The number of nitrogens with one attached hydrogen (secondary N) is 1. The van der Waals surface area contributed by atoms with Gasteiger partial charge >= 0.3 is 5.97 Å². The molecule has 0 aliphatic rings. The molecule has 0 fully saturated rings. The first kappa shape index (κ1) is 11.5. The molecule has 0 aliphatic heterocycles. The van der Waals surface area contributed by atoms with E-state index >= 15 is 0 Å². The van der Waals surface area contributed by atoms with Gasteiger partial charge in [-0.1, -0.05) is 0 Å². The van der Waals surface area contributed by atoms with E-state index in [4.69, 9.17) is 5.11 Å². The highest BCUT2D eigenvalue weighted by Crippen LogP contribution is 2.04. The maximum absolute atomic E-state index is 10.7. The number of carboxylic acid groups (broad SMARTS) is 1. The second-order valence-corrected chi connectivity index (χ2v) is 3.97. The van der Waals surface area contributed by atoms with Gasteiger partial charge in [-0.15, -0.1) is 11.3 Å². The van der Waals surface area contributed by atoms with Crippen LogP contribution in [-0.2, 0) is 6.42 Å². The summed E-state index contributed by atoms with van der Waals surface area (Å²) in [6, 6.07) is 0. The average molecular weight is 250 g/mol. The van der Waals surface area contributed by atoms with Gasteiger partial charge in [-0.3, -0.25) is 4.98 Å². The van der Waals surface area contributed by atoms with Crippen molar-refractivity contribution in [1.29, 1.82) is 0 Å². The SMILES string of the molecule is O=C(O)c1cncc(NCCc2cscn2)n1. The number of aromatic nitrogens is 3. The van der Waals surface area contributed by atoms with E-state index in [0.717, 1.165) is 12.1 Å². The molecule has 88 valence electrons. The molecule has 0 bridgehead atoms. The quantitative estimate of drug-likeness (QED) is 0.831. The van der Waals surface area contributed by atoms with E-state index in [0.29, 0.717) is 12.4 Å². The fourth-order valence-corrected chi connectivity index (χ4v) is 1.83. The van der Waals surface area contributed by atoms with Crippen molar-refractivity contribution in [3.63, 3.8) is 0 Å². The van der Waals surface area contributed by atoms with Gasteiger partial charge in [0.05, 0.1) is 23.6 Å². The Bertz CT molecular complexity index is 501. The van der Waals surface area contributed by atoms with Gasteiger partial charge in [0.2, 0.25) is 0 Å². The lowest BCUT2D eigenvalue weighted by atomic mass is 10.3. The predicted octanol–water partition coefficient (Wildman–Crippen LogP) is 1.29. The van der Waals surface area contributed by atoms with Crippen LogP contribution in [0.1, 0.15) is 16.2 Å². The van der Waals surface area contributed by atoms with Crippen molar-refractivity contribution in [3.8, 4) is 0 Å². The molecular weight excluding hydrogens is 240 g/mol. The summed E-state index contributed by atoms with van der Waals surface area (Å²) in [6.07, 6.45) is 3.48. The molecule has 2 aromatic rings. The van der Waals surface area contributed by atoms with E-state index < -0.39 is 5.97 Å². The number of rotatable bonds is 5. The Balaban J connectivity index is 1.90. The summed E-state index contributed by atoms with van der Waals surface area (Å²) in [6.45, 7) is 0.640. The van der Waals surface area contributed by atoms with Crippen molar-refractivity contribution in [2.75, 3.05) is 11.9 Å². The van der Waals surface area contributed by atoms with Gasteiger partial charge in [0.1, 0.15) is 5.82 Å². The lowest BCUT2D eigenvalue weighted by Gasteiger charge is -2.04. The zero-order chi connectivity index (χ0) is 12.1. The Labute approximate surface area is 101 Å². The van der Waals surface area contributed by atoms with Crippen molar-refractivity contribution < 1.29 is 9.90 Å². The fourth-order valence-electron chi connectivity index (χ4n) is 1.23. The number of carboxylic acids is 1. The molecule has 0 atom stereocenters. The van der Waals surface area contributed by atoms with Gasteiger partial charge in [-0.05, 0) is 0 Å². The Morgan fingerprint density at radius 2 is 2.35 bits per heavy atom. The zero-order valence-electron chi connectivity index (χ0n) is 8.83. The van der Waals surface area contributed by atoms with E-state index in [1.165, 1.54) is 12.4 Å². The van der Waals surface area contributed by atoms with Gasteiger partial charge in [0, 0.05) is 18.3 Å². The van der Waals surface area contributed by atoms with E-state index in [1.54, 1.807) is 16.8 Å². The Kier molecular flexibility index (Phi) is 3.61. The minimum Gasteiger partial charge on any atom is -0.476 e. The number of carbonyl (C=O) groups is 1. The number of aromatic carboxylic acids is 1. The summed E-state index contributed by atoms with van der Waals surface area (Å²) in [7, 11) is 0. The second-order valence-electron chi connectivity index (χ2n) is 3.25. The maximum atomic E-state index is 10.7. The zero-order valence-corrected chi connectivity index (χ0v) is 9.65. The van der Waals surface area contributed by atoms with Gasteiger partial charge in [0.15, 0.2) is 5.69 Å². The molecular formula is C10H10N4O2S. The molecule has 0 radical (unpaired) electrons. The van der Waals surface area contributed by atoms with Gasteiger partial charge in [0.25, 0.3) is 0 Å². The highest BCUT2D eigenvalue weighted by Gasteiger charge is 2.05. The molecule has 0 amide bonds. The van der Waals surface area contributed by atoms with Gasteiger partial charge < -0.3 is 10.4 Å². The summed E-state index contributed by atoms with van der Waals surface area (Å²) >= 11 is 1.55. The van der Waals surface area contributed by atoms with Crippen LogP contribution in [0.4, 0.5) is 5.82 Å². The van der Waals surface area contributed by atoms with Crippen LogP contribution in [-0.4, -0.2) is 32.6 Å². The fraction of sp³-hybridized carbons (Fsp3) is 0.200. The minimum absolute atomic E-state index is 0.0661. The molecule has 0 spiro atoms. The third kappa shape index (κ3) is 3.22. The monoisotopic (exact) mass is 250 g/mol. The normalized spacial score (nSPS) is 10.1. The van der Waals surface area contributed by atoms with E-state index in [-0.39, 0.29) is 5.69 Å². The summed E-state index contributed by atoms with van der Waals surface area (Å²) in [5.74, 6) is -0.624. The second kappa shape index (κ2) is 5.35. The average Bonchev–Trinajstić information content (AvgIpc) is 2.82. The molecule has 0 aromatic carbocycles. The highest BCUT2D eigenvalue weighted by atomic mass is 32.1. The van der Waals surface area contributed by atoms with Crippen molar-refractivity contribution >= 4 is 23.1 Å². The topological polar surface area (TPSA) is 88.0 Å². The van der Waals surface area contributed by atoms with Gasteiger partial charge in [-0.2, -0.15) is 0 Å². The van der Waals surface area contributed by atoms with E-state index in [9.17, 15) is 4.79 Å². The van der Waals surface area contributed by atoms with Crippen LogP contribution in [0.3, 0.4) is 0 Å². The van der Waals surface area contributed by atoms with Crippen LogP contribution in [0.15, 0.2) is 23.3 Å². The van der Waals surface area contributed by atoms with Gasteiger partial charge in [-0.25, -0.2) is 14.8 Å². The lowest BCUT2D eigenvalue weighted by Crippen LogP contribution is -2.09. The van der Waals surface area contributed by atoms with Crippen LogP contribution < -0.4 is 5.32 Å². The minimum atomic E-state index is -1.08. The molecule has 6 nitrogen and oxygen atoms in total. The van der Waals surface area contributed by atoms with Crippen LogP contribution in [0, 0.1) is 0 Å². The predicted molar refractivity (Wildman–Crippen MR) is 63.3 cm³/mol. The van der Waals surface area contributed by atoms with Crippen LogP contribution >= 0.6 is 11.3 Å². The first-order valence-electron chi connectivity index (χ1n) is 4.92. The van der Waals surface area contributed by atoms with Crippen molar-refractivity contribution in [2.24, 2.45) is 0 Å². The molecule has 0 aliphatic carbocycles. The smallest absolute Gasteiger partial charge is 0.356 e. The highest BCUT2D eigenvalue weighted by molar-refractivity contribution is 7.07. The number of thiazole rings is 1. The van der Waals surface area contributed by atoms with Crippen LogP contribution in [0.2, 0.25) is 0 Å². The summed E-state index contributed by atoms with van der Waals surface area (Å²) < 4.78 is 0. The standard InChI is InChI=1S/C10H10N4O2S/c15-10(16)8-3-11-4-9(14-8)12-2-1-7-5-17-6-13-7/h3-6H,1-2H2,(H,12,14)(H,15,16). The number of nitrogens with zero attached hydrogens (tertiary/aromatic N) is 3. The Hall–Kier alpha value is -2.02. The van der Waals surface area contributed by atoms with E-state index in [2.05, 4.69) is 20.3 Å². The molecule has 0 unspecified atom stereocenters. The van der Waals surface area contributed by atoms with Crippen molar-refractivity contribution in [3.05, 3.63) is 34.7 Å². The lowest BCUT2D eigenvalue weighted by molar-refractivity contribution is 0.0690. The third-order valence-corrected chi connectivity index (χ3v) is 2.66. The molecule has 2 aromatic heterocycles. The maximum Gasteiger partial charge on any atom is 0.356 e. The molecule has 17 heavy (non-hydrogen) atoms. The molecule has 0 saturated carbocycles. The first-order chi connectivity index (χ1) is 8.25. The number of hydrogen-bond acceptors (Lipinski definition) is 6. The summed E-state index contributed by atoms with van der Waals surface area (Å²) in [5.41, 5.74) is 2.72. The third-order valence-electron chi connectivity index (χ3n) is 2.02. The largest absolute Gasteiger partial charge is 0.476 e. The van der Waals surface area contributed by atoms with Crippen molar-refractivity contribution in [1.82, 2.24) is 15.0 Å². The first-order valence-corrected chi connectivity index (χ1v) is 5.86. The molecule has 2 N–H and O–H groups in total. The molecule has 2 heterocycles. The summed E-state index contributed by atoms with van der Waals surface area (Å²) in [4.78, 5) is 22.5. The molecule has 0 saturated heterocycles.